The molecular formula is C35H54N6O11S2. The van der Waals surface area contributed by atoms with Gasteiger partial charge in [-0.3, -0.25) is 4.79 Å². The molecule has 0 radical (unpaired) electrons. The van der Waals surface area contributed by atoms with E-state index in [0.717, 1.165) is 35.7 Å². The highest BCUT2D eigenvalue weighted by Crippen LogP contribution is 2.21. The lowest BCUT2D eigenvalue weighted by Gasteiger charge is -2.32. The van der Waals surface area contributed by atoms with Crippen LogP contribution >= 0.6 is 22.7 Å². The number of nitrogens with zero attached hydrogens (tertiary/aromatic N) is 5. The second-order valence-electron chi connectivity index (χ2n) is 14.3. The minimum atomic E-state index is -1.17. The lowest BCUT2D eigenvalue weighted by Crippen LogP contribution is -2.43. The highest BCUT2D eigenvalue weighted by Gasteiger charge is 2.28. The molecule has 2 aliphatic heterocycles. The number of carbonyl (C=O) groups excluding carboxylic acids is 4. The third-order valence-corrected chi connectivity index (χ3v) is 8.94. The molecule has 0 bridgehead atoms. The maximum Gasteiger partial charge on any atom is 0.410 e. The monoisotopic (exact) mass is 798 g/mol. The van der Waals surface area contributed by atoms with E-state index in [4.69, 9.17) is 25.0 Å². The average Bonchev–Trinajstić information content (AvgIpc) is 3.73. The molecular weight excluding hydrogens is 745 g/mol. The van der Waals surface area contributed by atoms with E-state index in [2.05, 4.69) is 19.9 Å². The van der Waals surface area contributed by atoms with Crippen LogP contribution in [0, 0.1) is 19.8 Å². The first-order chi connectivity index (χ1) is 25.2. The summed E-state index contributed by atoms with van der Waals surface area (Å²) in [6, 6.07) is 0. The largest absolute Gasteiger partial charge is 0.476 e. The van der Waals surface area contributed by atoms with Gasteiger partial charge in [0.05, 0.1) is 22.7 Å². The van der Waals surface area contributed by atoms with Gasteiger partial charge in [0.25, 0.3) is 5.78 Å². The number of ether oxygens (including phenoxy) is 3. The van der Waals surface area contributed by atoms with E-state index in [9.17, 15) is 29.1 Å². The molecule has 2 fully saturated rings. The first-order valence-corrected chi connectivity index (χ1v) is 19.3. The number of thiazole rings is 2. The summed E-state index contributed by atoms with van der Waals surface area (Å²) in [4.78, 5) is 78.6. The van der Waals surface area contributed by atoms with Crippen LogP contribution in [0.1, 0.15) is 100 Å². The normalized spacial score (nSPS) is 15.6. The number of likely N-dealkylation sites (tertiary alicyclic amines) is 2. The van der Waals surface area contributed by atoms with Crippen LogP contribution in [0.15, 0.2) is 15.9 Å². The summed E-state index contributed by atoms with van der Waals surface area (Å²) in [6.45, 7) is 19.3. The van der Waals surface area contributed by atoms with Gasteiger partial charge < -0.3 is 38.8 Å². The summed E-state index contributed by atoms with van der Waals surface area (Å²) in [5, 5.41) is 17.7. The van der Waals surface area contributed by atoms with Crippen LogP contribution < -0.4 is 5.90 Å². The Labute approximate surface area is 324 Å². The van der Waals surface area contributed by atoms with E-state index in [-0.39, 0.29) is 42.2 Å². The molecule has 2 saturated heterocycles. The van der Waals surface area contributed by atoms with E-state index in [1.807, 2.05) is 41.5 Å². The third-order valence-electron chi connectivity index (χ3n) is 7.40. The number of rotatable bonds is 9. The van der Waals surface area contributed by atoms with Crippen molar-refractivity contribution in [1.82, 2.24) is 19.8 Å². The molecule has 2 aliphatic rings. The number of aliphatic carboxylic acids is 1. The molecule has 4 heterocycles. The molecule has 17 nitrogen and oxygen atoms in total. The van der Waals surface area contributed by atoms with Crippen molar-refractivity contribution in [3.8, 4) is 0 Å². The second kappa shape index (κ2) is 21.6. The van der Waals surface area contributed by atoms with Crippen LogP contribution in [0.4, 0.5) is 9.59 Å². The number of esters is 1. The van der Waals surface area contributed by atoms with Gasteiger partial charge in [0.2, 0.25) is 5.71 Å². The molecule has 0 unspecified atom stereocenters. The molecule has 302 valence electrons. The Balaban J connectivity index is 0.000000305. The molecule has 0 spiro atoms. The molecule has 0 atom stereocenters. The minimum absolute atomic E-state index is 0.0729. The topological polar surface area (TPSA) is 222 Å². The van der Waals surface area contributed by atoms with Gasteiger partial charge in [-0.1, -0.05) is 5.16 Å². The van der Waals surface area contributed by atoms with Crippen molar-refractivity contribution in [3.05, 3.63) is 32.2 Å². The Hall–Kier alpha value is -4.20. The van der Waals surface area contributed by atoms with E-state index in [0.29, 0.717) is 38.5 Å². The standard InChI is InChI=1S/C17H25N3O5S.C10H20N2O3.C8H9NO3S/c1-11-18-13(10-26-11)14(15(21)22)19-24-9-12-5-7-20(8-6-12)16(23)25-17(2,3)4;1-10(2,3)14-9(13)12-6-4-8(15-11)5-7-12;1-3-12-8(11)7(10)6-4-13-5(2)9-6/h10,12H,5-9H2,1-4H3,(H,21,22);8H,4-7,11H2,1-3H3;4H,3H2,1-2H3/b19-14-;;. The molecule has 2 aromatic rings. The Morgan fingerprint density at radius 1 is 0.833 bits per heavy atom. The fraction of sp³-hybridized carbons (Fsp3) is 0.657. The average molecular weight is 799 g/mol. The highest BCUT2D eigenvalue weighted by atomic mass is 32.1. The maximum atomic E-state index is 12.0. The zero-order valence-electron chi connectivity index (χ0n) is 32.5. The summed E-state index contributed by atoms with van der Waals surface area (Å²) in [5.74, 6) is 2.62. The fourth-order valence-corrected chi connectivity index (χ4v) is 5.94. The van der Waals surface area contributed by atoms with E-state index < -0.39 is 28.9 Å². The maximum absolute atomic E-state index is 12.0. The molecule has 0 saturated carbocycles. The Morgan fingerprint density at radius 3 is 1.69 bits per heavy atom. The van der Waals surface area contributed by atoms with Gasteiger partial charge >= 0.3 is 24.1 Å². The number of nitrogens with two attached hydrogens (primary N) is 1. The smallest absolute Gasteiger partial charge is 0.410 e. The number of ketones is 1. The van der Waals surface area contributed by atoms with Crippen molar-refractivity contribution in [3.63, 3.8) is 0 Å². The van der Waals surface area contributed by atoms with Crippen LogP contribution in [0.5, 0.6) is 0 Å². The predicted octanol–water partition coefficient (Wildman–Crippen LogP) is 5.38. The van der Waals surface area contributed by atoms with Crippen molar-refractivity contribution in [2.45, 2.75) is 105 Å². The van der Waals surface area contributed by atoms with Crippen molar-refractivity contribution in [2.75, 3.05) is 39.4 Å². The van der Waals surface area contributed by atoms with E-state index >= 15 is 0 Å². The molecule has 4 rings (SSSR count). The number of hydrogen-bond donors (Lipinski definition) is 2. The zero-order valence-corrected chi connectivity index (χ0v) is 34.2. The number of aryl methyl sites for hydroxylation is 2. The molecule has 2 amide bonds. The fourth-order valence-electron chi connectivity index (χ4n) is 4.75. The second-order valence-corrected chi connectivity index (χ2v) is 16.4. The number of Topliss-reactive ketones (excluding diaryl/α,β-unsaturated/α-hetero) is 1. The first kappa shape index (κ1) is 46.0. The van der Waals surface area contributed by atoms with Crippen LogP contribution in [0.3, 0.4) is 0 Å². The van der Waals surface area contributed by atoms with Crippen LogP contribution in [0.2, 0.25) is 0 Å². The zero-order chi connectivity index (χ0) is 40.6. The number of carboxylic acids is 1. The highest BCUT2D eigenvalue weighted by molar-refractivity contribution is 7.10. The Morgan fingerprint density at radius 2 is 1.30 bits per heavy atom. The van der Waals surface area contributed by atoms with Gasteiger partial charge in [0.15, 0.2) is 0 Å². The number of carbonyl (C=O) groups is 5. The van der Waals surface area contributed by atoms with E-state index in [1.165, 1.54) is 22.7 Å². The number of piperidine rings is 2. The molecule has 0 aromatic carbocycles. The molecule has 19 heteroatoms. The molecule has 3 N–H and O–H groups in total. The summed E-state index contributed by atoms with van der Waals surface area (Å²) >= 11 is 2.69. The van der Waals surface area contributed by atoms with Crippen molar-refractivity contribution >= 4 is 58.3 Å². The third kappa shape index (κ3) is 16.9. The number of aromatic nitrogens is 2. The summed E-state index contributed by atoms with van der Waals surface area (Å²) in [5.41, 5.74) is -0.660. The quantitative estimate of drug-likeness (QED) is 0.0813. The van der Waals surface area contributed by atoms with E-state index in [1.54, 1.807) is 41.3 Å². The van der Waals surface area contributed by atoms with Gasteiger partial charge in [-0.15, -0.1) is 22.7 Å². The lowest BCUT2D eigenvalue weighted by molar-refractivity contribution is -0.137. The van der Waals surface area contributed by atoms with Crippen molar-refractivity contribution in [1.29, 1.82) is 0 Å². The Bertz CT molecular complexity index is 1570. The molecule has 2 aromatic heterocycles. The first-order valence-electron chi connectivity index (χ1n) is 17.5. The lowest BCUT2D eigenvalue weighted by atomic mass is 9.98. The summed E-state index contributed by atoms with van der Waals surface area (Å²) in [7, 11) is 0. The number of amides is 2. The molecule has 0 aliphatic carbocycles. The number of oxime groups is 1. The van der Waals surface area contributed by atoms with Gasteiger partial charge in [-0.05, 0) is 93.9 Å². The number of hydrogen-bond acceptors (Lipinski definition) is 16. The SMILES string of the molecule is CC(C)(C)OC(=O)N1CCC(ON)CC1.CCOC(=O)C(=O)c1csc(C)n1.Cc1nc(/C(=N/OCC2CCN(C(=O)OC(C)(C)C)CC2)C(=O)O)cs1. The molecule has 54 heavy (non-hydrogen) atoms. The van der Waals surface area contributed by atoms with Gasteiger partial charge in [0.1, 0.15) is 29.2 Å². The van der Waals surface area contributed by atoms with Gasteiger partial charge in [-0.2, -0.15) is 0 Å². The van der Waals surface area contributed by atoms with Crippen LogP contribution in [-0.2, 0) is 33.5 Å². The van der Waals surface area contributed by atoms with Crippen molar-refractivity contribution in [2.24, 2.45) is 17.0 Å². The summed E-state index contributed by atoms with van der Waals surface area (Å²) in [6.07, 6.45) is 2.58. The van der Waals surface area contributed by atoms with Crippen molar-refractivity contribution < 1.29 is 53.0 Å². The van der Waals surface area contributed by atoms with Gasteiger partial charge in [0, 0.05) is 36.9 Å². The minimum Gasteiger partial charge on any atom is -0.476 e. The Kier molecular flexibility index (Phi) is 18.4. The number of carboxylic acid groups (broad SMARTS) is 1. The predicted molar refractivity (Wildman–Crippen MR) is 201 cm³/mol. The van der Waals surface area contributed by atoms with Crippen LogP contribution in [0.25, 0.3) is 0 Å². The summed E-state index contributed by atoms with van der Waals surface area (Å²) < 4.78 is 15.2. The van der Waals surface area contributed by atoms with Crippen LogP contribution in [-0.4, -0.2) is 117 Å². The van der Waals surface area contributed by atoms with Gasteiger partial charge in [-0.25, -0.2) is 35.0 Å².